The molecule has 0 bridgehead atoms. The Balaban J connectivity index is 1.59. The van der Waals surface area contributed by atoms with Crippen molar-refractivity contribution in [1.29, 1.82) is 0 Å². The zero-order valence-electron chi connectivity index (χ0n) is 19.2. The van der Waals surface area contributed by atoms with Gasteiger partial charge in [0, 0.05) is 27.5 Å². The van der Waals surface area contributed by atoms with Crippen LogP contribution in [0.1, 0.15) is 11.8 Å². The number of ether oxygens (including phenoxy) is 2. The first-order valence-electron chi connectivity index (χ1n) is 11.1. The molecule has 0 aliphatic carbocycles. The molecule has 0 atom stereocenters. The summed E-state index contributed by atoms with van der Waals surface area (Å²) in [6.07, 6.45) is 0. The monoisotopic (exact) mass is 468 g/mol. The lowest BCUT2D eigenvalue weighted by Gasteiger charge is -2.06. The normalized spacial score (nSPS) is 11.7. The Morgan fingerprint density at radius 1 is 0.912 bits per heavy atom. The first-order chi connectivity index (χ1) is 16.6. The number of nitrogens with zero attached hydrogens (tertiary/aromatic N) is 2. The van der Waals surface area contributed by atoms with Crippen molar-refractivity contribution in [2.75, 3.05) is 13.7 Å². The lowest BCUT2D eigenvalue weighted by Crippen LogP contribution is -2.03. The zero-order chi connectivity index (χ0) is 23.5. The number of aromatic nitrogens is 1. The van der Waals surface area contributed by atoms with Crippen LogP contribution in [0.2, 0.25) is 0 Å². The molecule has 0 radical (unpaired) electrons. The van der Waals surface area contributed by atoms with E-state index in [4.69, 9.17) is 23.9 Å². The van der Waals surface area contributed by atoms with Crippen molar-refractivity contribution in [3.05, 3.63) is 89.1 Å². The molecule has 2 heterocycles. The van der Waals surface area contributed by atoms with Gasteiger partial charge in [-0.15, -0.1) is 0 Å². The summed E-state index contributed by atoms with van der Waals surface area (Å²) in [5, 5.41) is 2.47. The zero-order valence-corrected chi connectivity index (χ0v) is 20.1. The Kier molecular flexibility index (Phi) is 6.14. The van der Waals surface area contributed by atoms with Crippen molar-refractivity contribution < 1.29 is 13.9 Å². The molecule has 0 saturated heterocycles. The lowest BCUT2D eigenvalue weighted by molar-refractivity contribution is 0.340. The molecule has 0 spiro atoms. The molecular weight excluding hydrogens is 444 g/mol. The van der Waals surface area contributed by atoms with Gasteiger partial charge in [0.1, 0.15) is 22.8 Å². The van der Waals surface area contributed by atoms with E-state index in [0.717, 1.165) is 55.3 Å². The topological polar surface area (TPSA) is 56.9 Å². The van der Waals surface area contributed by atoms with E-state index in [-0.39, 0.29) is 0 Å². The molecule has 0 N–H and O–H groups in total. The van der Waals surface area contributed by atoms with Crippen molar-refractivity contribution in [3.63, 3.8) is 0 Å². The van der Waals surface area contributed by atoms with Crippen LogP contribution in [0.3, 0.4) is 0 Å². The molecule has 6 heteroatoms. The summed E-state index contributed by atoms with van der Waals surface area (Å²) in [5.74, 6) is 2.40. The van der Waals surface area contributed by atoms with Crippen LogP contribution in [0.25, 0.3) is 33.6 Å². The highest BCUT2D eigenvalue weighted by Gasteiger charge is 2.11. The Morgan fingerprint density at radius 2 is 1.62 bits per heavy atom. The second-order valence-corrected chi connectivity index (χ2v) is 8.87. The van der Waals surface area contributed by atoms with Gasteiger partial charge >= 0.3 is 0 Å². The quantitative estimate of drug-likeness (QED) is 0.265. The molecule has 3 aromatic carbocycles. The summed E-state index contributed by atoms with van der Waals surface area (Å²) in [6, 6.07) is 25.7. The molecule has 2 aromatic heterocycles. The van der Waals surface area contributed by atoms with E-state index in [1.807, 2.05) is 85.8 Å². The van der Waals surface area contributed by atoms with Crippen LogP contribution in [-0.2, 0) is 0 Å². The molecule has 34 heavy (non-hydrogen) atoms. The Bertz CT molecular complexity index is 1500. The number of hydrogen-bond acceptors (Lipinski definition) is 6. The third-order valence-corrected chi connectivity index (χ3v) is 6.33. The number of benzene rings is 3. The number of fused-ring (bicyclic) bond motifs is 1. The highest BCUT2D eigenvalue weighted by Crippen LogP contribution is 2.33. The average Bonchev–Trinajstić information content (AvgIpc) is 3.24. The molecule has 0 fully saturated rings. The fourth-order valence-electron chi connectivity index (χ4n) is 3.78. The largest absolute Gasteiger partial charge is 0.497 e. The van der Waals surface area contributed by atoms with Crippen LogP contribution < -0.4 is 14.8 Å². The SMILES string of the molecule is CCOc1ccc(-c2cc(=Nc3nc(-c4ccc(OC)cc4)c(C)s3)c3ccccc3o2)cc1. The van der Waals surface area contributed by atoms with Gasteiger partial charge in [-0.1, -0.05) is 23.5 Å². The van der Waals surface area contributed by atoms with Gasteiger partial charge in [0.05, 0.1) is 24.8 Å². The maximum atomic E-state index is 6.22. The third kappa shape index (κ3) is 4.45. The van der Waals surface area contributed by atoms with Gasteiger partial charge in [0.25, 0.3) is 0 Å². The summed E-state index contributed by atoms with van der Waals surface area (Å²) < 4.78 is 17.1. The number of methoxy groups -OCH3 is 1. The molecule has 5 nitrogen and oxygen atoms in total. The minimum atomic E-state index is 0.633. The first kappa shape index (κ1) is 21.9. The maximum absolute atomic E-state index is 6.22. The highest BCUT2D eigenvalue weighted by atomic mass is 32.1. The molecule has 5 rings (SSSR count). The van der Waals surface area contributed by atoms with Gasteiger partial charge in [-0.3, -0.25) is 0 Å². The summed E-state index contributed by atoms with van der Waals surface area (Å²) in [5.41, 5.74) is 3.71. The predicted molar refractivity (Wildman–Crippen MR) is 137 cm³/mol. The summed E-state index contributed by atoms with van der Waals surface area (Å²) >= 11 is 1.58. The molecule has 0 aliphatic heterocycles. The van der Waals surface area contributed by atoms with Crippen molar-refractivity contribution in [2.45, 2.75) is 13.8 Å². The predicted octanol–water partition coefficient (Wildman–Crippen LogP) is 7.17. The molecule has 0 unspecified atom stereocenters. The van der Waals surface area contributed by atoms with Gasteiger partial charge in [0.2, 0.25) is 5.13 Å². The van der Waals surface area contributed by atoms with Crippen molar-refractivity contribution in [1.82, 2.24) is 4.98 Å². The van der Waals surface area contributed by atoms with Crippen molar-refractivity contribution in [3.8, 4) is 34.1 Å². The highest BCUT2D eigenvalue weighted by molar-refractivity contribution is 7.15. The molecule has 0 amide bonds. The minimum absolute atomic E-state index is 0.633. The van der Waals surface area contributed by atoms with Crippen LogP contribution >= 0.6 is 11.3 Å². The van der Waals surface area contributed by atoms with Crippen LogP contribution in [0.4, 0.5) is 5.13 Å². The van der Waals surface area contributed by atoms with Crippen LogP contribution in [0, 0.1) is 6.92 Å². The Morgan fingerprint density at radius 3 is 2.35 bits per heavy atom. The summed E-state index contributed by atoms with van der Waals surface area (Å²) in [6.45, 7) is 4.68. The number of rotatable bonds is 6. The van der Waals surface area contributed by atoms with Crippen LogP contribution in [0.5, 0.6) is 11.5 Å². The first-order valence-corrected chi connectivity index (χ1v) is 11.9. The van der Waals surface area contributed by atoms with E-state index in [2.05, 4.69) is 6.92 Å². The minimum Gasteiger partial charge on any atom is -0.497 e. The Labute approximate surface area is 202 Å². The Hall–Kier alpha value is -3.90. The number of hydrogen-bond donors (Lipinski definition) is 0. The molecule has 0 saturated carbocycles. The van der Waals surface area contributed by atoms with Crippen LogP contribution in [-0.4, -0.2) is 18.7 Å². The number of aryl methyl sites for hydroxylation is 1. The number of para-hydroxylation sites is 1. The molecule has 5 aromatic rings. The van der Waals surface area contributed by atoms with E-state index >= 15 is 0 Å². The van der Waals surface area contributed by atoms with E-state index in [1.165, 1.54) is 0 Å². The van der Waals surface area contributed by atoms with Crippen molar-refractivity contribution in [2.24, 2.45) is 4.99 Å². The standard InChI is InChI=1S/C28H24N2O3S/c1-4-32-22-15-9-19(10-16-22)26-17-24(23-7-5-6-8-25(23)33-26)29-28-30-27(18(2)34-28)20-11-13-21(31-3)14-12-20/h5-17H,4H2,1-3H3. The van der Waals surface area contributed by atoms with Gasteiger partial charge in [-0.25, -0.2) is 9.98 Å². The van der Waals surface area contributed by atoms with E-state index in [1.54, 1.807) is 18.4 Å². The smallest absolute Gasteiger partial charge is 0.210 e. The second kappa shape index (κ2) is 9.53. The van der Waals surface area contributed by atoms with Gasteiger partial charge in [0.15, 0.2) is 0 Å². The van der Waals surface area contributed by atoms with Gasteiger partial charge in [-0.05, 0) is 74.5 Å². The molecular formula is C28H24N2O3S. The second-order valence-electron chi connectivity index (χ2n) is 7.69. The van der Waals surface area contributed by atoms with E-state index in [0.29, 0.717) is 11.7 Å². The summed E-state index contributed by atoms with van der Waals surface area (Å²) in [4.78, 5) is 10.9. The van der Waals surface area contributed by atoms with Crippen LogP contribution in [0.15, 0.2) is 88.3 Å². The number of thiazole rings is 1. The van der Waals surface area contributed by atoms with Crippen molar-refractivity contribution >= 4 is 27.4 Å². The van der Waals surface area contributed by atoms with Gasteiger partial charge < -0.3 is 13.9 Å². The lowest BCUT2D eigenvalue weighted by atomic mass is 10.1. The van der Waals surface area contributed by atoms with Gasteiger partial charge in [-0.2, -0.15) is 0 Å². The van der Waals surface area contributed by atoms with E-state index < -0.39 is 0 Å². The third-order valence-electron chi connectivity index (χ3n) is 5.47. The molecule has 0 aliphatic rings. The summed E-state index contributed by atoms with van der Waals surface area (Å²) in [7, 11) is 1.66. The average molecular weight is 469 g/mol. The van der Waals surface area contributed by atoms with E-state index in [9.17, 15) is 0 Å². The molecule has 170 valence electrons. The fourth-order valence-corrected chi connectivity index (χ4v) is 4.60. The maximum Gasteiger partial charge on any atom is 0.210 e. The fraction of sp³-hybridized carbons (Fsp3) is 0.143.